The molecule has 3 aromatic heterocycles. The molecule has 6 heterocycles. The van der Waals surface area contributed by atoms with Gasteiger partial charge in [-0.25, -0.2) is 19.3 Å². The van der Waals surface area contributed by atoms with E-state index in [1.54, 1.807) is 22.9 Å². The first-order valence-corrected chi connectivity index (χ1v) is 12.8. The number of nitrogens with zero attached hydrogens (tertiary/aromatic N) is 7. The van der Waals surface area contributed by atoms with E-state index in [1.165, 1.54) is 26.9 Å². The number of hydrogen-bond acceptors (Lipinski definition) is 9. The average Bonchev–Trinajstić information content (AvgIpc) is 3.42. The molecule has 1 amide bonds. The second-order valence-corrected chi connectivity index (χ2v) is 10.1. The highest BCUT2D eigenvalue weighted by Crippen LogP contribution is 2.32. The number of benzene rings is 1. The molecule has 0 spiro atoms. The minimum Gasteiger partial charge on any atom is -0.480 e. The smallest absolute Gasteiger partial charge is 0.278 e. The molecule has 39 heavy (non-hydrogen) atoms. The molecule has 0 fully saturated rings. The molecule has 1 aromatic carbocycles. The van der Waals surface area contributed by atoms with Crippen LogP contribution in [0, 0.1) is 0 Å². The molecule has 12 nitrogen and oxygen atoms in total. The lowest BCUT2D eigenvalue weighted by Crippen LogP contribution is -2.44. The highest BCUT2D eigenvalue weighted by molar-refractivity contribution is 5.97. The van der Waals surface area contributed by atoms with Crippen molar-refractivity contribution in [2.75, 3.05) is 30.4 Å². The quantitative estimate of drug-likeness (QED) is 0.375. The molecule has 0 aliphatic carbocycles. The van der Waals surface area contributed by atoms with Crippen molar-refractivity contribution in [1.82, 2.24) is 29.2 Å². The van der Waals surface area contributed by atoms with E-state index >= 15 is 0 Å². The van der Waals surface area contributed by atoms with Crippen LogP contribution in [0.15, 0.2) is 53.5 Å². The Balaban J connectivity index is 1.36. The van der Waals surface area contributed by atoms with Crippen LogP contribution in [-0.4, -0.2) is 66.5 Å². The fourth-order valence-corrected chi connectivity index (χ4v) is 5.34. The van der Waals surface area contributed by atoms with Crippen LogP contribution >= 0.6 is 0 Å². The first-order chi connectivity index (χ1) is 18.9. The van der Waals surface area contributed by atoms with Crippen molar-refractivity contribution in [2.45, 2.75) is 32.2 Å². The van der Waals surface area contributed by atoms with Crippen LogP contribution in [-0.2, 0) is 24.4 Å². The zero-order chi connectivity index (χ0) is 26.7. The van der Waals surface area contributed by atoms with Gasteiger partial charge in [-0.2, -0.15) is 4.98 Å². The number of ether oxygens (including phenoxy) is 1. The molecule has 12 heteroatoms. The zero-order valence-corrected chi connectivity index (χ0v) is 21.2. The number of fused-ring (bicyclic) bond motifs is 6. The lowest BCUT2D eigenvalue weighted by molar-refractivity contribution is -0.121. The van der Waals surface area contributed by atoms with E-state index in [0.717, 1.165) is 18.8 Å². The highest BCUT2D eigenvalue weighted by atomic mass is 16.5. The second kappa shape index (κ2) is 9.03. The molecule has 7 rings (SSSR count). The van der Waals surface area contributed by atoms with E-state index in [0.29, 0.717) is 40.8 Å². The number of nitrogens with one attached hydrogen (secondary N) is 1. The van der Waals surface area contributed by atoms with E-state index in [-0.39, 0.29) is 31.2 Å². The lowest BCUT2D eigenvalue weighted by Gasteiger charge is -2.30. The van der Waals surface area contributed by atoms with Gasteiger partial charge in [-0.05, 0) is 48.9 Å². The van der Waals surface area contributed by atoms with Crippen molar-refractivity contribution in [3.63, 3.8) is 0 Å². The van der Waals surface area contributed by atoms with Gasteiger partial charge < -0.3 is 15.2 Å². The second-order valence-electron chi connectivity index (χ2n) is 10.1. The maximum absolute atomic E-state index is 13.5. The fourth-order valence-electron chi connectivity index (χ4n) is 5.34. The van der Waals surface area contributed by atoms with Gasteiger partial charge >= 0.3 is 0 Å². The van der Waals surface area contributed by atoms with Crippen LogP contribution < -0.4 is 20.5 Å². The van der Waals surface area contributed by atoms with E-state index in [2.05, 4.69) is 34.4 Å². The summed E-state index contributed by atoms with van der Waals surface area (Å²) in [4.78, 5) is 43.7. The Morgan fingerprint density at radius 2 is 1.95 bits per heavy atom. The Labute approximate surface area is 222 Å². The largest absolute Gasteiger partial charge is 0.480 e. The van der Waals surface area contributed by atoms with Gasteiger partial charge in [0.25, 0.3) is 11.5 Å². The third-order valence-electron chi connectivity index (χ3n) is 7.21. The molecular formula is C27H26N8O4. The SMILES string of the molecule is CN1Cc2ccc(Nc3ncc4c(=O)n5n(c4n3)-c3ccc4c(n3)N(CC(O)C/C=C\C5)C(=O)CO4)cc2C1. The Hall–Kier alpha value is -4.55. The average molecular weight is 527 g/mol. The number of aliphatic hydroxyl groups excluding tert-OH is 1. The number of allylic oxidation sites excluding steroid dienone is 1. The Morgan fingerprint density at radius 3 is 2.85 bits per heavy atom. The van der Waals surface area contributed by atoms with Crippen LogP contribution in [0.5, 0.6) is 5.75 Å². The summed E-state index contributed by atoms with van der Waals surface area (Å²) >= 11 is 0. The molecule has 198 valence electrons. The molecule has 1 unspecified atom stereocenters. The number of pyridine rings is 1. The standard InChI is InChI=1S/C27H26N8O4/c1-32-12-16-5-6-18(10-17(16)13-32)29-27-28-11-20-24(31-27)35-22-8-7-21-25(30-22)33(23(37)15-39-21)14-19(36)4-2-3-9-34(35)26(20)38/h2-3,5-8,10-11,19,36H,4,9,12-15H2,1H3,(H,28,29,31)/b3-2-. The number of aromatic nitrogens is 5. The molecular weight excluding hydrogens is 500 g/mol. The van der Waals surface area contributed by atoms with Gasteiger partial charge in [0, 0.05) is 25.0 Å². The number of carbonyl (C=O) groups is 1. The van der Waals surface area contributed by atoms with Gasteiger partial charge in [0.2, 0.25) is 5.95 Å². The minimum atomic E-state index is -0.789. The number of hydrogen-bond donors (Lipinski definition) is 2. The summed E-state index contributed by atoms with van der Waals surface area (Å²) in [6.45, 7) is 2.00. The van der Waals surface area contributed by atoms with Crippen LogP contribution in [0.25, 0.3) is 16.9 Å². The lowest BCUT2D eigenvalue weighted by atomic mass is 10.1. The van der Waals surface area contributed by atoms with Crippen molar-refractivity contribution in [3.8, 4) is 11.6 Å². The summed E-state index contributed by atoms with van der Waals surface area (Å²) in [5, 5.41) is 14.1. The van der Waals surface area contributed by atoms with Gasteiger partial charge in [-0.15, -0.1) is 0 Å². The monoisotopic (exact) mass is 526 g/mol. The molecule has 2 bridgehead atoms. The summed E-state index contributed by atoms with van der Waals surface area (Å²) in [6, 6.07) is 9.64. The third-order valence-corrected chi connectivity index (χ3v) is 7.21. The molecule has 1 atom stereocenters. The molecule has 2 N–H and O–H groups in total. The van der Waals surface area contributed by atoms with Crippen molar-refractivity contribution in [2.24, 2.45) is 0 Å². The highest BCUT2D eigenvalue weighted by Gasteiger charge is 2.30. The Bertz CT molecular complexity index is 1730. The topological polar surface area (TPSA) is 131 Å². The predicted octanol–water partition coefficient (Wildman–Crippen LogP) is 1.71. The number of amides is 1. The number of carbonyl (C=O) groups excluding carboxylic acids is 1. The van der Waals surface area contributed by atoms with Crippen molar-refractivity contribution < 1.29 is 14.6 Å². The summed E-state index contributed by atoms with van der Waals surface area (Å²) in [7, 11) is 2.09. The zero-order valence-electron chi connectivity index (χ0n) is 21.2. The molecule has 3 aliphatic rings. The number of rotatable bonds is 2. The summed E-state index contributed by atoms with van der Waals surface area (Å²) in [5.74, 6) is 1.17. The first-order valence-electron chi connectivity index (χ1n) is 12.8. The summed E-state index contributed by atoms with van der Waals surface area (Å²) < 4.78 is 8.75. The van der Waals surface area contributed by atoms with Crippen molar-refractivity contribution in [3.05, 3.63) is 70.2 Å². The van der Waals surface area contributed by atoms with Gasteiger partial charge in [0.1, 0.15) is 5.39 Å². The summed E-state index contributed by atoms with van der Waals surface area (Å²) in [6.07, 6.45) is 4.66. The van der Waals surface area contributed by atoms with Crippen LogP contribution in [0.2, 0.25) is 0 Å². The predicted molar refractivity (Wildman–Crippen MR) is 143 cm³/mol. The molecule has 0 saturated carbocycles. The van der Waals surface area contributed by atoms with Gasteiger partial charge in [0.15, 0.2) is 29.6 Å². The fraction of sp³-hybridized carbons (Fsp3) is 0.296. The van der Waals surface area contributed by atoms with E-state index in [9.17, 15) is 14.7 Å². The molecule has 4 aromatic rings. The van der Waals surface area contributed by atoms with Crippen LogP contribution in [0.4, 0.5) is 17.5 Å². The number of aliphatic hydroxyl groups is 1. The maximum Gasteiger partial charge on any atom is 0.278 e. The van der Waals surface area contributed by atoms with Gasteiger partial charge in [-0.1, -0.05) is 18.2 Å². The molecule has 0 saturated heterocycles. The van der Waals surface area contributed by atoms with Gasteiger partial charge in [-0.3, -0.25) is 19.4 Å². The molecule has 3 aliphatic heterocycles. The van der Waals surface area contributed by atoms with E-state index < -0.39 is 6.10 Å². The maximum atomic E-state index is 13.5. The van der Waals surface area contributed by atoms with E-state index in [4.69, 9.17) is 14.7 Å². The summed E-state index contributed by atoms with van der Waals surface area (Å²) in [5.41, 5.74) is 3.52. The Morgan fingerprint density at radius 1 is 1.08 bits per heavy atom. The first kappa shape index (κ1) is 23.6. The van der Waals surface area contributed by atoms with Crippen molar-refractivity contribution >= 4 is 34.4 Å². The molecule has 0 radical (unpaired) electrons. The van der Waals surface area contributed by atoms with Crippen LogP contribution in [0.3, 0.4) is 0 Å². The van der Waals surface area contributed by atoms with Gasteiger partial charge in [0.05, 0.1) is 19.2 Å². The van der Waals surface area contributed by atoms with Crippen LogP contribution in [0.1, 0.15) is 17.5 Å². The third kappa shape index (κ3) is 4.04. The van der Waals surface area contributed by atoms with E-state index in [1.807, 2.05) is 12.1 Å². The minimum absolute atomic E-state index is 0.0853. The Kier molecular flexibility index (Phi) is 5.46. The number of anilines is 3. The normalized spacial score (nSPS) is 19.6. The van der Waals surface area contributed by atoms with Crippen molar-refractivity contribution in [1.29, 1.82) is 0 Å².